The van der Waals surface area contributed by atoms with Gasteiger partial charge in [-0.2, -0.15) is 0 Å². The molecule has 0 saturated heterocycles. The van der Waals surface area contributed by atoms with E-state index in [9.17, 15) is 4.79 Å². The van der Waals surface area contributed by atoms with E-state index in [1.54, 1.807) is 6.07 Å². The zero-order valence-electron chi connectivity index (χ0n) is 15.2. The topological polar surface area (TPSA) is 87.0 Å². The predicted molar refractivity (Wildman–Crippen MR) is 97.6 cm³/mol. The molecule has 5 heteroatoms. The van der Waals surface area contributed by atoms with Crippen molar-refractivity contribution in [3.8, 4) is 11.1 Å². The van der Waals surface area contributed by atoms with Crippen LogP contribution in [-0.2, 0) is 15.5 Å². The lowest BCUT2D eigenvalue weighted by Gasteiger charge is -2.26. The molecule has 0 aromatic heterocycles. The van der Waals surface area contributed by atoms with Crippen molar-refractivity contribution in [2.45, 2.75) is 77.1 Å². The summed E-state index contributed by atoms with van der Waals surface area (Å²) in [5.41, 5.74) is 1.90. The van der Waals surface area contributed by atoms with Gasteiger partial charge in [-0.3, -0.25) is 4.79 Å². The van der Waals surface area contributed by atoms with Crippen molar-refractivity contribution in [2.24, 2.45) is 0 Å². The van der Waals surface area contributed by atoms with Gasteiger partial charge in [-0.1, -0.05) is 76.8 Å². The third kappa shape index (κ3) is 8.47. The van der Waals surface area contributed by atoms with E-state index in [-0.39, 0.29) is 5.56 Å². The molecule has 0 aromatic rings. The number of carbonyl (C=O) groups is 1. The minimum atomic E-state index is -2.65. The van der Waals surface area contributed by atoms with Crippen LogP contribution in [0.2, 0.25) is 0 Å². The second kappa shape index (κ2) is 12.0. The number of fused-ring (bicyclic) bond motifs is 1. The molecule has 142 valence electrons. The lowest BCUT2D eigenvalue weighted by Crippen LogP contribution is -2.27. The van der Waals surface area contributed by atoms with Crippen LogP contribution in [0.1, 0.15) is 76.7 Å². The molecule has 0 radical (unpaired) electrons. The van der Waals surface area contributed by atoms with Gasteiger partial charge < -0.3 is 20.1 Å². The molecule has 0 aliphatic heterocycles. The summed E-state index contributed by atoms with van der Waals surface area (Å²) >= 11 is 0. The van der Waals surface area contributed by atoms with Crippen molar-refractivity contribution in [3.63, 3.8) is 0 Å². The first-order valence-electron chi connectivity index (χ1n) is 9.38. The molecule has 25 heavy (non-hydrogen) atoms. The van der Waals surface area contributed by atoms with Crippen LogP contribution in [0.15, 0.2) is 18.2 Å². The smallest absolute Gasteiger partial charge is 0.305 e. The Labute approximate surface area is 150 Å². The molecule has 2 aliphatic carbocycles. The second-order valence-corrected chi connectivity index (χ2v) is 6.54. The molecule has 2 aliphatic rings. The number of unbranched alkanes of at least 4 members (excludes halogenated alkanes) is 9. The van der Waals surface area contributed by atoms with E-state index < -0.39 is 5.97 Å². The van der Waals surface area contributed by atoms with E-state index in [1.807, 2.05) is 6.07 Å². The minimum Gasteiger partial charge on any atom is -0.468 e. The molecule has 3 N–H and O–H groups in total. The molecule has 0 atom stereocenters. The maximum absolute atomic E-state index is 9.84. The standard InChI is InChI=1S/C13H26O2.C7H6O3/c1-2-3-4-5-6-7-8-9-10-11-12-15-13-14;8-7(9,10)6-3-4-1-2-5(4)6/h13H,2-12H2,1H3;1-3,8-10H. The van der Waals surface area contributed by atoms with E-state index in [2.05, 4.69) is 11.7 Å². The van der Waals surface area contributed by atoms with Crippen molar-refractivity contribution >= 4 is 6.47 Å². The van der Waals surface area contributed by atoms with E-state index in [0.717, 1.165) is 17.5 Å². The van der Waals surface area contributed by atoms with E-state index in [4.69, 9.17) is 15.3 Å². The Balaban J connectivity index is 0.000000267. The van der Waals surface area contributed by atoms with Gasteiger partial charge in [0.05, 0.1) is 6.61 Å². The maximum atomic E-state index is 9.84. The van der Waals surface area contributed by atoms with Gasteiger partial charge in [0.25, 0.3) is 6.47 Å². The number of hydrogen-bond acceptors (Lipinski definition) is 5. The number of rotatable bonds is 13. The molecular formula is C20H32O5. The van der Waals surface area contributed by atoms with Crippen molar-refractivity contribution in [3.05, 3.63) is 23.8 Å². The zero-order chi connectivity index (χ0) is 18.5. The Hall–Kier alpha value is -1.43. The molecule has 2 rings (SSSR count). The average molecular weight is 352 g/mol. The fourth-order valence-corrected chi connectivity index (χ4v) is 2.79. The van der Waals surface area contributed by atoms with Gasteiger partial charge in [-0.05, 0) is 23.6 Å². The SMILES string of the molecule is CCCCCCCCCCCCOC=O.OC(O)(O)c1cc2ccc1-2. The minimum absolute atomic E-state index is 0.185. The van der Waals surface area contributed by atoms with Gasteiger partial charge in [0, 0.05) is 5.56 Å². The summed E-state index contributed by atoms with van der Waals surface area (Å²) in [7, 11) is 0. The third-order valence-corrected chi connectivity index (χ3v) is 4.38. The Kier molecular flexibility index (Phi) is 10.4. The highest BCUT2D eigenvalue weighted by Crippen LogP contribution is 2.40. The first-order chi connectivity index (χ1) is 12.0. The predicted octanol–water partition coefficient (Wildman–Crippen LogP) is 3.83. The highest BCUT2D eigenvalue weighted by molar-refractivity contribution is 5.81. The summed E-state index contributed by atoms with van der Waals surface area (Å²) in [4.78, 5) is 9.84. The molecule has 0 fully saturated rings. The van der Waals surface area contributed by atoms with Gasteiger partial charge in [0.15, 0.2) is 0 Å². The fraction of sp³-hybridized carbons (Fsp3) is 0.650. The maximum Gasteiger partial charge on any atom is 0.305 e. The van der Waals surface area contributed by atoms with Crippen LogP contribution < -0.4 is 0 Å². The summed E-state index contributed by atoms with van der Waals surface area (Å²) in [6.07, 6.45) is 13.1. The van der Waals surface area contributed by atoms with Gasteiger partial charge >= 0.3 is 5.97 Å². The van der Waals surface area contributed by atoms with Gasteiger partial charge in [0.1, 0.15) is 0 Å². The summed E-state index contributed by atoms with van der Waals surface area (Å²) < 4.78 is 4.62. The number of carbonyl (C=O) groups excluding carboxylic acids is 1. The van der Waals surface area contributed by atoms with Crippen LogP contribution in [0.5, 0.6) is 0 Å². The average Bonchev–Trinajstić information content (AvgIpc) is 2.55. The van der Waals surface area contributed by atoms with E-state index >= 15 is 0 Å². The van der Waals surface area contributed by atoms with Gasteiger partial charge in [-0.15, -0.1) is 0 Å². The Bertz CT molecular complexity index is 493. The summed E-state index contributed by atoms with van der Waals surface area (Å²) in [6.45, 7) is 3.38. The number of hydrogen-bond donors (Lipinski definition) is 3. The largest absolute Gasteiger partial charge is 0.468 e. The van der Waals surface area contributed by atoms with Crippen LogP contribution in [-0.4, -0.2) is 28.4 Å². The van der Waals surface area contributed by atoms with Gasteiger partial charge in [0.2, 0.25) is 0 Å². The first kappa shape index (κ1) is 21.6. The second-order valence-electron chi connectivity index (χ2n) is 6.54. The highest BCUT2D eigenvalue weighted by Gasteiger charge is 2.31. The van der Waals surface area contributed by atoms with Crippen molar-refractivity contribution < 1.29 is 24.9 Å². The quantitative estimate of drug-likeness (QED) is 0.290. The van der Waals surface area contributed by atoms with Crippen LogP contribution in [0.4, 0.5) is 0 Å². The zero-order valence-corrected chi connectivity index (χ0v) is 15.2. The van der Waals surface area contributed by atoms with E-state index in [1.165, 1.54) is 63.9 Å². The molecule has 0 amide bonds. The van der Waals surface area contributed by atoms with Crippen molar-refractivity contribution in [1.82, 2.24) is 0 Å². The molecule has 0 aromatic carbocycles. The Morgan fingerprint density at radius 1 is 0.920 bits per heavy atom. The number of benzene rings is 1. The van der Waals surface area contributed by atoms with Gasteiger partial charge in [-0.25, -0.2) is 0 Å². The van der Waals surface area contributed by atoms with Crippen LogP contribution in [0.3, 0.4) is 0 Å². The molecule has 0 spiro atoms. The highest BCUT2D eigenvalue weighted by atomic mass is 16.7. The summed E-state index contributed by atoms with van der Waals surface area (Å²) in [5.74, 6) is -2.65. The Morgan fingerprint density at radius 3 is 1.80 bits per heavy atom. The van der Waals surface area contributed by atoms with Crippen molar-refractivity contribution in [1.29, 1.82) is 0 Å². The van der Waals surface area contributed by atoms with Crippen LogP contribution >= 0.6 is 0 Å². The number of aliphatic hydroxyl groups is 3. The summed E-state index contributed by atoms with van der Waals surface area (Å²) in [5, 5.41) is 25.9. The molecular weight excluding hydrogens is 320 g/mol. The molecule has 0 unspecified atom stereocenters. The monoisotopic (exact) mass is 352 g/mol. The lowest BCUT2D eigenvalue weighted by atomic mass is 9.85. The van der Waals surface area contributed by atoms with Crippen molar-refractivity contribution in [2.75, 3.05) is 6.61 Å². The normalized spacial score (nSPS) is 11.5. The lowest BCUT2D eigenvalue weighted by molar-refractivity contribution is -0.324. The third-order valence-electron chi connectivity index (χ3n) is 4.38. The Morgan fingerprint density at radius 2 is 1.48 bits per heavy atom. The molecule has 5 nitrogen and oxygen atoms in total. The molecule has 0 saturated carbocycles. The number of ether oxygens (including phenoxy) is 1. The fourth-order valence-electron chi connectivity index (χ4n) is 2.79. The first-order valence-corrected chi connectivity index (χ1v) is 9.38. The molecule has 0 bridgehead atoms. The summed E-state index contributed by atoms with van der Waals surface area (Å²) in [6, 6.07) is 5.10. The van der Waals surface area contributed by atoms with Crippen LogP contribution in [0.25, 0.3) is 11.1 Å². The van der Waals surface area contributed by atoms with E-state index in [0.29, 0.717) is 13.1 Å². The molecule has 0 heterocycles. The van der Waals surface area contributed by atoms with Crippen LogP contribution in [0, 0.1) is 0 Å².